The van der Waals surface area contributed by atoms with Crippen LogP contribution in [0, 0.1) is 6.92 Å². The Bertz CT molecular complexity index is 884. The van der Waals surface area contributed by atoms with E-state index in [1.165, 1.54) is 6.92 Å². The predicted octanol–water partition coefficient (Wildman–Crippen LogP) is 3.51. The summed E-state index contributed by atoms with van der Waals surface area (Å²) < 4.78 is 0. The van der Waals surface area contributed by atoms with Crippen molar-refractivity contribution in [2.45, 2.75) is 20.8 Å². The van der Waals surface area contributed by atoms with Crippen molar-refractivity contribution in [3.05, 3.63) is 53.1 Å². The van der Waals surface area contributed by atoms with Crippen molar-refractivity contribution in [1.82, 2.24) is 4.90 Å². The molecule has 0 bridgehead atoms. The number of likely N-dealkylation sites (N-methyl/N-ethyl adjacent to an activating group) is 1. The SMILES string of the molecule is CCN(CC(=O)Nc1ccc(NC(C)=O)cc1)CC(=O)Nc1ccc(C)cc1Cl. The van der Waals surface area contributed by atoms with Crippen LogP contribution in [0.25, 0.3) is 0 Å². The lowest BCUT2D eigenvalue weighted by molar-refractivity contribution is -0.120. The lowest BCUT2D eigenvalue weighted by atomic mass is 10.2. The maximum atomic E-state index is 12.3. The fourth-order valence-corrected chi connectivity index (χ4v) is 2.92. The first-order valence-corrected chi connectivity index (χ1v) is 9.60. The van der Waals surface area contributed by atoms with Gasteiger partial charge in [-0.05, 0) is 55.4 Å². The van der Waals surface area contributed by atoms with E-state index in [2.05, 4.69) is 16.0 Å². The number of amides is 3. The van der Waals surface area contributed by atoms with E-state index in [4.69, 9.17) is 11.6 Å². The molecule has 0 atom stereocenters. The zero-order valence-corrected chi connectivity index (χ0v) is 17.5. The van der Waals surface area contributed by atoms with Gasteiger partial charge in [-0.15, -0.1) is 0 Å². The van der Waals surface area contributed by atoms with Crippen LogP contribution in [0.3, 0.4) is 0 Å². The molecule has 0 unspecified atom stereocenters. The number of hydrogen-bond acceptors (Lipinski definition) is 4. The van der Waals surface area contributed by atoms with E-state index < -0.39 is 0 Å². The third-order valence-electron chi connectivity index (χ3n) is 4.07. The summed E-state index contributed by atoms with van der Waals surface area (Å²) in [6.45, 7) is 5.89. The van der Waals surface area contributed by atoms with Gasteiger partial charge in [-0.2, -0.15) is 0 Å². The van der Waals surface area contributed by atoms with Gasteiger partial charge < -0.3 is 16.0 Å². The highest BCUT2D eigenvalue weighted by molar-refractivity contribution is 6.33. The van der Waals surface area contributed by atoms with Gasteiger partial charge in [-0.1, -0.05) is 24.6 Å². The lowest BCUT2D eigenvalue weighted by Crippen LogP contribution is -2.38. The molecule has 3 amide bonds. The Balaban J connectivity index is 1.87. The van der Waals surface area contributed by atoms with E-state index in [1.54, 1.807) is 41.3 Å². The molecule has 0 aliphatic rings. The van der Waals surface area contributed by atoms with Gasteiger partial charge in [-0.25, -0.2) is 0 Å². The smallest absolute Gasteiger partial charge is 0.238 e. The van der Waals surface area contributed by atoms with Gasteiger partial charge in [0.1, 0.15) is 0 Å². The normalized spacial score (nSPS) is 10.5. The second kappa shape index (κ2) is 10.6. The van der Waals surface area contributed by atoms with Gasteiger partial charge in [0.2, 0.25) is 17.7 Å². The van der Waals surface area contributed by atoms with Crippen LogP contribution in [0.1, 0.15) is 19.4 Å². The molecule has 2 aromatic rings. The zero-order chi connectivity index (χ0) is 21.4. The zero-order valence-electron chi connectivity index (χ0n) is 16.7. The van der Waals surface area contributed by atoms with E-state index in [0.717, 1.165) is 5.56 Å². The Hall–Kier alpha value is -2.90. The molecular formula is C21H25ClN4O3. The summed E-state index contributed by atoms with van der Waals surface area (Å²) in [5, 5.41) is 8.68. The van der Waals surface area contributed by atoms with Crippen molar-refractivity contribution in [2.75, 3.05) is 35.6 Å². The fourth-order valence-electron chi connectivity index (χ4n) is 2.64. The number of nitrogens with zero attached hydrogens (tertiary/aromatic N) is 1. The van der Waals surface area contributed by atoms with Gasteiger partial charge in [0.25, 0.3) is 0 Å². The number of carbonyl (C=O) groups excluding carboxylic acids is 3. The van der Waals surface area contributed by atoms with Crippen molar-refractivity contribution in [3.63, 3.8) is 0 Å². The third kappa shape index (κ3) is 7.56. The van der Waals surface area contributed by atoms with Gasteiger partial charge in [0.05, 0.1) is 23.8 Å². The van der Waals surface area contributed by atoms with E-state index >= 15 is 0 Å². The Morgan fingerprint density at radius 2 is 1.45 bits per heavy atom. The summed E-state index contributed by atoms with van der Waals surface area (Å²) in [5.74, 6) is -0.643. The Morgan fingerprint density at radius 3 is 1.97 bits per heavy atom. The van der Waals surface area contributed by atoms with Crippen molar-refractivity contribution < 1.29 is 14.4 Å². The largest absolute Gasteiger partial charge is 0.326 e. The quantitative estimate of drug-likeness (QED) is 0.614. The minimum absolute atomic E-state index is 0.0651. The minimum Gasteiger partial charge on any atom is -0.326 e. The van der Waals surface area contributed by atoms with Crippen molar-refractivity contribution in [2.24, 2.45) is 0 Å². The van der Waals surface area contributed by atoms with Crippen LogP contribution >= 0.6 is 11.6 Å². The average Bonchev–Trinajstić information content (AvgIpc) is 2.64. The summed E-state index contributed by atoms with van der Waals surface area (Å²) >= 11 is 6.14. The molecule has 0 spiro atoms. The number of halogens is 1. The topological polar surface area (TPSA) is 90.5 Å². The van der Waals surface area contributed by atoms with Crippen LogP contribution in [0.2, 0.25) is 5.02 Å². The Labute approximate surface area is 175 Å². The predicted molar refractivity (Wildman–Crippen MR) is 116 cm³/mol. The highest BCUT2D eigenvalue weighted by Gasteiger charge is 2.14. The van der Waals surface area contributed by atoms with Gasteiger partial charge >= 0.3 is 0 Å². The second-order valence-corrected chi connectivity index (χ2v) is 7.05. The third-order valence-corrected chi connectivity index (χ3v) is 4.38. The molecule has 29 heavy (non-hydrogen) atoms. The number of benzene rings is 2. The van der Waals surface area contributed by atoms with E-state index in [1.807, 2.05) is 19.9 Å². The number of hydrogen-bond donors (Lipinski definition) is 3. The number of anilines is 3. The van der Waals surface area contributed by atoms with Crippen molar-refractivity contribution in [3.8, 4) is 0 Å². The first-order chi connectivity index (χ1) is 13.8. The van der Waals surface area contributed by atoms with Crippen LogP contribution in [0.15, 0.2) is 42.5 Å². The number of carbonyl (C=O) groups is 3. The first-order valence-electron chi connectivity index (χ1n) is 9.22. The fraction of sp³-hybridized carbons (Fsp3) is 0.286. The summed E-state index contributed by atoms with van der Waals surface area (Å²) in [7, 11) is 0. The maximum absolute atomic E-state index is 12.3. The number of rotatable bonds is 8. The Kier molecular flexibility index (Phi) is 8.18. The Morgan fingerprint density at radius 1 is 0.897 bits per heavy atom. The molecule has 0 heterocycles. The number of aryl methyl sites for hydroxylation is 1. The van der Waals surface area contributed by atoms with Gasteiger partial charge in [0.15, 0.2) is 0 Å². The summed E-state index contributed by atoms with van der Waals surface area (Å²) in [5.41, 5.74) is 2.81. The van der Waals surface area contributed by atoms with Crippen LogP contribution in [0.5, 0.6) is 0 Å². The average molecular weight is 417 g/mol. The highest BCUT2D eigenvalue weighted by atomic mass is 35.5. The molecule has 0 saturated carbocycles. The molecule has 8 heteroatoms. The highest BCUT2D eigenvalue weighted by Crippen LogP contribution is 2.22. The van der Waals surface area contributed by atoms with Crippen LogP contribution in [-0.4, -0.2) is 42.3 Å². The molecule has 0 radical (unpaired) electrons. The summed E-state index contributed by atoms with van der Waals surface area (Å²) in [6, 6.07) is 12.2. The molecule has 2 rings (SSSR count). The summed E-state index contributed by atoms with van der Waals surface area (Å²) in [6.07, 6.45) is 0. The molecule has 0 saturated heterocycles. The standard InChI is InChI=1S/C21H25ClN4O3/c1-4-26(13-21(29)25-19-10-5-14(2)11-18(19)22)12-20(28)24-17-8-6-16(7-9-17)23-15(3)27/h5-11H,4,12-13H2,1-3H3,(H,23,27)(H,24,28)(H,25,29). The summed E-state index contributed by atoms with van der Waals surface area (Å²) in [4.78, 5) is 37.4. The van der Waals surface area contributed by atoms with E-state index in [9.17, 15) is 14.4 Å². The maximum Gasteiger partial charge on any atom is 0.238 e. The van der Waals surface area contributed by atoms with Gasteiger partial charge in [0, 0.05) is 18.3 Å². The monoisotopic (exact) mass is 416 g/mol. The van der Waals surface area contributed by atoms with Crippen molar-refractivity contribution in [1.29, 1.82) is 0 Å². The number of nitrogens with one attached hydrogen (secondary N) is 3. The van der Waals surface area contributed by atoms with Crippen LogP contribution in [0.4, 0.5) is 17.1 Å². The van der Waals surface area contributed by atoms with E-state index in [-0.39, 0.29) is 30.8 Å². The second-order valence-electron chi connectivity index (χ2n) is 6.64. The molecule has 0 aromatic heterocycles. The first kappa shape index (κ1) is 22.4. The minimum atomic E-state index is -0.245. The molecule has 154 valence electrons. The van der Waals surface area contributed by atoms with Crippen LogP contribution in [-0.2, 0) is 14.4 Å². The molecule has 0 aliphatic carbocycles. The van der Waals surface area contributed by atoms with Crippen molar-refractivity contribution >= 4 is 46.4 Å². The molecule has 0 aliphatic heterocycles. The van der Waals surface area contributed by atoms with Crippen LogP contribution < -0.4 is 16.0 Å². The van der Waals surface area contributed by atoms with Gasteiger partial charge in [-0.3, -0.25) is 19.3 Å². The van der Waals surface area contributed by atoms with E-state index in [0.29, 0.717) is 28.6 Å². The lowest BCUT2D eigenvalue weighted by Gasteiger charge is -2.19. The molecular weight excluding hydrogens is 392 g/mol. The molecule has 2 aromatic carbocycles. The molecule has 3 N–H and O–H groups in total. The molecule has 7 nitrogen and oxygen atoms in total. The molecule has 0 fully saturated rings.